The highest BCUT2D eigenvalue weighted by atomic mass is 35.5. The second-order valence-electron chi connectivity index (χ2n) is 7.62. The number of anilines is 2. The minimum Gasteiger partial charge on any atom is -0.472 e. The molecule has 7 nitrogen and oxygen atoms in total. The van der Waals surface area contributed by atoms with E-state index >= 15 is 0 Å². The third-order valence-electron chi connectivity index (χ3n) is 5.48. The predicted molar refractivity (Wildman–Crippen MR) is 131 cm³/mol. The maximum Gasteiger partial charge on any atom is 0.264 e. The van der Waals surface area contributed by atoms with Crippen LogP contribution < -0.4 is 16.6 Å². The first-order chi connectivity index (χ1) is 16.0. The van der Waals surface area contributed by atoms with Crippen molar-refractivity contribution in [1.82, 2.24) is 14.5 Å². The number of para-hydroxylation sites is 1. The highest BCUT2D eigenvalue weighted by molar-refractivity contribution is 6.35. The zero-order valence-corrected chi connectivity index (χ0v) is 18.5. The molecule has 33 heavy (non-hydrogen) atoms. The Labute approximate surface area is 194 Å². The Hall–Kier alpha value is -4.10. The van der Waals surface area contributed by atoms with Crippen LogP contribution in [0.2, 0.25) is 5.02 Å². The van der Waals surface area contributed by atoms with E-state index in [4.69, 9.17) is 21.8 Å². The van der Waals surface area contributed by atoms with Gasteiger partial charge in [0.25, 0.3) is 5.56 Å². The first-order valence-electron chi connectivity index (χ1n) is 10.3. The summed E-state index contributed by atoms with van der Waals surface area (Å²) in [5.41, 5.74) is 8.73. The summed E-state index contributed by atoms with van der Waals surface area (Å²) in [5.74, 6) is 0.678. The molecule has 3 aromatic heterocycles. The van der Waals surface area contributed by atoms with Crippen LogP contribution >= 0.6 is 11.6 Å². The fraction of sp³-hybridized carbons (Fsp3) is 0.0800. The molecule has 0 aliphatic carbocycles. The van der Waals surface area contributed by atoms with Crippen molar-refractivity contribution < 1.29 is 4.42 Å². The second-order valence-corrected chi connectivity index (χ2v) is 8.03. The van der Waals surface area contributed by atoms with Crippen LogP contribution in [0.3, 0.4) is 0 Å². The maximum absolute atomic E-state index is 13.6. The molecule has 0 radical (unpaired) electrons. The van der Waals surface area contributed by atoms with Crippen molar-refractivity contribution in [2.24, 2.45) is 0 Å². The fourth-order valence-electron chi connectivity index (χ4n) is 3.92. The minimum absolute atomic E-state index is 0.141. The van der Waals surface area contributed by atoms with Crippen molar-refractivity contribution in [2.45, 2.75) is 13.0 Å². The van der Waals surface area contributed by atoms with E-state index in [1.54, 1.807) is 29.4 Å². The number of rotatable bonds is 5. The number of hydrogen-bond donors (Lipinski definition) is 2. The number of furan rings is 1. The zero-order valence-electron chi connectivity index (χ0n) is 17.7. The number of pyridine rings is 1. The summed E-state index contributed by atoms with van der Waals surface area (Å²) in [5, 5.41) is 5.06. The molecule has 0 aliphatic heterocycles. The van der Waals surface area contributed by atoms with Crippen LogP contribution in [0.1, 0.15) is 18.7 Å². The Bertz CT molecular complexity index is 1500. The van der Waals surface area contributed by atoms with Crippen LogP contribution in [-0.2, 0) is 0 Å². The van der Waals surface area contributed by atoms with Gasteiger partial charge in [-0.05, 0) is 42.6 Å². The number of hydrogen-bond acceptors (Lipinski definition) is 6. The second kappa shape index (κ2) is 8.44. The summed E-state index contributed by atoms with van der Waals surface area (Å²) in [6.45, 7) is 1.96. The number of benzene rings is 2. The average Bonchev–Trinajstić information content (AvgIpc) is 3.34. The van der Waals surface area contributed by atoms with Crippen molar-refractivity contribution >= 4 is 34.1 Å². The topological polar surface area (TPSA) is 99.0 Å². The lowest BCUT2D eigenvalue weighted by Gasteiger charge is -2.22. The molecular weight excluding hydrogens is 438 g/mol. The van der Waals surface area contributed by atoms with Crippen molar-refractivity contribution in [3.05, 3.63) is 100 Å². The van der Waals surface area contributed by atoms with E-state index in [0.717, 1.165) is 27.9 Å². The Balaban J connectivity index is 1.68. The van der Waals surface area contributed by atoms with E-state index < -0.39 is 0 Å². The van der Waals surface area contributed by atoms with Crippen LogP contribution in [0.5, 0.6) is 0 Å². The van der Waals surface area contributed by atoms with E-state index in [-0.39, 0.29) is 17.5 Å². The van der Waals surface area contributed by atoms with Crippen molar-refractivity contribution in [3.63, 3.8) is 0 Å². The number of nitrogens with one attached hydrogen (secondary N) is 1. The number of aromatic nitrogens is 3. The molecule has 164 valence electrons. The van der Waals surface area contributed by atoms with Gasteiger partial charge in [0.2, 0.25) is 5.95 Å². The molecule has 0 spiro atoms. The van der Waals surface area contributed by atoms with Crippen molar-refractivity contribution in [2.75, 3.05) is 11.1 Å². The predicted octanol–water partition coefficient (Wildman–Crippen LogP) is 5.45. The Morgan fingerprint density at radius 2 is 1.94 bits per heavy atom. The SMILES string of the molecule is C[C@H](Nc1nc(N)ncc1-c1ccoc1)c1cc2cccc(Cl)c2c(=O)n1-c1ccccc1. The van der Waals surface area contributed by atoms with Crippen molar-refractivity contribution in [1.29, 1.82) is 0 Å². The molecule has 3 N–H and O–H groups in total. The number of fused-ring (bicyclic) bond motifs is 1. The molecule has 3 heterocycles. The number of nitrogens with two attached hydrogens (primary N) is 1. The molecule has 0 fully saturated rings. The Morgan fingerprint density at radius 1 is 1.12 bits per heavy atom. The number of halogens is 1. The molecule has 2 aromatic carbocycles. The van der Waals surface area contributed by atoms with Gasteiger partial charge in [-0.15, -0.1) is 0 Å². The van der Waals surface area contributed by atoms with Gasteiger partial charge in [-0.2, -0.15) is 4.98 Å². The first-order valence-corrected chi connectivity index (χ1v) is 10.7. The molecule has 8 heteroatoms. The van der Waals surface area contributed by atoms with E-state index in [0.29, 0.717) is 16.2 Å². The molecule has 0 bridgehead atoms. The van der Waals surface area contributed by atoms with E-state index in [9.17, 15) is 4.79 Å². The van der Waals surface area contributed by atoms with Gasteiger partial charge in [0.1, 0.15) is 5.82 Å². The highest BCUT2D eigenvalue weighted by Gasteiger charge is 2.20. The fourth-order valence-corrected chi connectivity index (χ4v) is 4.18. The average molecular weight is 458 g/mol. The summed E-state index contributed by atoms with van der Waals surface area (Å²) in [7, 11) is 0. The first kappa shape index (κ1) is 20.8. The lowest BCUT2D eigenvalue weighted by atomic mass is 10.1. The van der Waals surface area contributed by atoms with Gasteiger partial charge in [0.05, 0.1) is 29.0 Å². The maximum atomic E-state index is 13.6. The van der Waals surface area contributed by atoms with E-state index in [1.165, 1.54) is 0 Å². The lowest BCUT2D eigenvalue weighted by molar-refractivity contribution is 0.568. The molecule has 0 aliphatic rings. The van der Waals surface area contributed by atoms with Crippen LogP contribution in [0.4, 0.5) is 11.8 Å². The van der Waals surface area contributed by atoms with Crippen LogP contribution in [0.25, 0.3) is 27.6 Å². The van der Waals surface area contributed by atoms with Gasteiger partial charge < -0.3 is 15.5 Å². The molecule has 0 unspecified atom stereocenters. The number of nitrogen functional groups attached to an aromatic ring is 1. The normalized spacial score (nSPS) is 12.1. The summed E-state index contributed by atoms with van der Waals surface area (Å²) < 4.78 is 6.90. The summed E-state index contributed by atoms with van der Waals surface area (Å²) in [4.78, 5) is 22.2. The van der Waals surface area contributed by atoms with Gasteiger partial charge in [-0.25, -0.2) is 4.98 Å². The third-order valence-corrected chi connectivity index (χ3v) is 5.79. The van der Waals surface area contributed by atoms with Crippen LogP contribution in [0, 0.1) is 0 Å². The molecule has 5 rings (SSSR count). The minimum atomic E-state index is -0.318. The van der Waals surface area contributed by atoms with Gasteiger partial charge in [0, 0.05) is 28.7 Å². The Kier molecular flexibility index (Phi) is 5.32. The van der Waals surface area contributed by atoms with Crippen LogP contribution in [-0.4, -0.2) is 14.5 Å². The molecule has 0 amide bonds. The zero-order chi connectivity index (χ0) is 22.9. The summed E-state index contributed by atoms with van der Waals surface area (Å²) >= 11 is 6.41. The molecule has 5 aromatic rings. The molecule has 0 saturated carbocycles. The van der Waals surface area contributed by atoms with Crippen molar-refractivity contribution in [3.8, 4) is 16.8 Å². The Morgan fingerprint density at radius 3 is 2.70 bits per heavy atom. The van der Waals surface area contributed by atoms with Gasteiger partial charge in [-0.1, -0.05) is 41.9 Å². The molecular formula is C25H20ClN5O2. The standard InChI is InChI=1S/C25H20ClN5O2/c1-15(29-23-19(13-28-25(27)30-23)17-10-11-33-14-17)21-12-16-6-5-9-20(26)22(16)24(32)31(21)18-7-3-2-4-8-18/h2-15H,1H3,(H3,27,28,29,30)/t15-/m0/s1. The largest absolute Gasteiger partial charge is 0.472 e. The van der Waals surface area contributed by atoms with Crippen LogP contribution in [0.15, 0.2) is 88.6 Å². The van der Waals surface area contributed by atoms with Gasteiger partial charge in [-0.3, -0.25) is 9.36 Å². The number of nitrogens with zero attached hydrogens (tertiary/aromatic N) is 3. The smallest absolute Gasteiger partial charge is 0.264 e. The highest BCUT2D eigenvalue weighted by Crippen LogP contribution is 2.31. The third kappa shape index (κ3) is 3.83. The quantitative estimate of drug-likeness (QED) is 0.364. The monoisotopic (exact) mass is 457 g/mol. The van der Waals surface area contributed by atoms with Gasteiger partial charge in [0.15, 0.2) is 0 Å². The molecule has 1 atom stereocenters. The van der Waals surface area contributed by atoms with E-state index in [2.05, 4.69) is 15.3 Å². The summed E-state index contributed by atoms with van der Waals surface area (Å²) in [6.07, 6.45) is 4.84. The molecule has 0 saturated heterocycles. The summed E-state index contributed by atoms with van der Waals surface area (Å²) in [6, 6.07) is 18.4. The lowest BCUT2D eigenvalue weighted by Crippen LogP contribution is -2.26. The van der Waals surface area contributed by atoms with Gasteiger partial charge >= 0.3 is 0 Å². The van der Waals surface area contributed by atoms with E-state index in [1.807, 2.05) is 61.5 Å².